The van der Waals surface area contributed by atoms with Gasteiger partial charge in [-0.05, 0) is 28.7 Å². The van der Waals surface area contributed by atoms with Crippen LogP contribution in [0.1, 0.15) is 0 Å². The van der Waals surface area contributed by atoms with E-state index in [9.17, 15) is 8.78 Å². The standard InChI is InChI=1S/C9H6F2IN3/c10-5-3-1-2-4(7(5)12)8-6(11)9(13)15-14-8/h1-3H,(H3,13,14,15). The van der Waals surface area contributed by atoms with Crippen molar-refractivity contribution in [3.63, 3.8) is 0 Å². The molecule has 3 N–H and O–H groups in total. The number of nitrogens with two attached hydrogens (primary N) is 1. The molecule has 6 heteroatoms. The number of aromatic amines is 1. The summed E-state index contributed by atoms with van der Waals surface area (Å²) in [5, 5.41) is 5.95. The first kappa shape index (κ1) is 10.3. The second kappa shape index (κ2) is 3.76. The average molecular weight is 321 g/mol. The summed E-state index contributed by atoms with van der Waals surface area (Å²) in [7, 11) is 0. The molecule has 0 spiro atoms. The molecular weight excluding hydrogens is 315 g/mol. The molecule has 78 valence electrons. The van der Waals surface area contributed by atoms with Crippen LogP contribution < -0.4 is 5.73 Å². The Bertz CT molecular complexity index is 510. The molecule has 0 saturated carbocycles. The molecule has 1 heterocycles. The summed E-state index contributed by atoms with van der Waals surface area (Å²) in [5.74, 6) is -1.27. The molecule has 3 nitrogen and oxygen atoms in total. The van der Waals surface area contributed by atoms with Crippen LogP contribution in [0.2, 0.25) is 0 Å². The lowest BCUT2D eigenvalue weighted by molar-refractivity contribution is 0.619. The van der Waals surface area contributed by atoms with Gasteiger partial charge in [0.2, 0.25) is 0 Å². The quantitative estimate of drug-likeness (QED) is 0.793. The molecule has 0 radical (unpaired) electrons. The van der Waals surface area contributed by atoms with Crippen molar-refractivity contribution in [1.29, 1.82) is 0 Å². The Morgan fingerprint density at radius 2 is 2.07 bits per heavy atom. The van der Waals surface area contributed by atoms with Gasteiger partial charge in [0.1, 0.15) is 11.5 Å². The van der Waals surface area contributed by atoms with Crippen LogP contribution in [0, 0.1) is 15.2 Å². The fourth-order valence-electron chi connectivity index (χ4n) is 1.22. The van der Waals surface area contributed by atoms with E-state index in [4.69, 9.17) is 5.73 Å². The van der Waals surface area contributed by atoms with Crippen molar-refractivity contribution in [3.8, 4) is 11.3 Å². The maximum atomic E-state index is 13.4. The molecule has 0 amide bonds. The molecule has 1 aromatic carbocycles. The van der Waals surface area contributed by atoms with E-state index >= 15 is 0 Å². The summed E-state index contributed by atoms with van der Waals surface area (Å²) < 4.78 is 27.0. The number of nitrogens with one attached hydrogen (secondary N) is 1. The van der Waals surface area contributed by atoms with Gasteiger partial charge in [-0.25, -0.2) is 8.78 Å². The first-order chi connectivity index (χ1) is 7.11. The van der Waals surface area contributed by atoms with Crippen LogP contribution in [-0.4, -0.2) is 10.2 Å². The Labute approximate surface area is 97.8 Å². The predicted octanol–water partition coefficient (Wildman–Crippen LogP) is 2.54. The van der Waals surface area contributed by atoms with Gasteiger partial charge in [-0.1, -0.05) is 12.1 Å². The van der Waals surface area contributed by atoms with Crippen LogP contribution >= 0.6 is 22.6 Å². The number of nitrogens with zero attached hydrogens (tertiary/aromatic N) is 1. The molecule has 0 atom stereocenters. The van der Waals surface area contributed by atoms with E-state index in [1.54, 1.807) is 28.7 Å². The van der Waals surface area contributed by atoms with Crippen LogP contribution in [0.3, 0.4) is 0 Å². The summed E-state index contributed by atoms with van der Waals surface area (Å²) in [4.78, 5) is 0. The van der Waals surface area contributed by atoms with E-state index < -0.39 is 11.6 Å². The lowest BCUT2D eigenvalue weighted by atomic mass is 10.1. The number of nitrogen functional groups attached to an aromatic ring is 1. The Morgan fingerprint density at radius 3 is 2.67 bits per heavy atom. The molecule has 0 aliphatic carbocycles. The Hall–Kier alpha value is -1.18. The van der Waals surface area contributed by atoms with Crippen LogP contribution in [-0.2, 0) is 0 Å². The van der Waals surface area contributed by atoms with Crippen LogP contribution in [0.25, 0.3) is 11.3 Å². The highest BCUT2D eigenvalue weighted by Crippen LogP contribution is 2.29. The van der Waals surface area contributed by atoms with Crippen LogP contribution in [0.4, 0.5) is 14.6 Å². The van der Waals surface area contributed by atoms with Crippen molar-refractivity contribution >= 4 is 28.4 Å². The van der Waals surface area contributed by atoms with Gasteiger partial charge in [0.15, 0.2) is 11.6 Å². The Kier molecular flexibility index (Phi) is 2.59. The summed E-state index contributed by atoms with van der Waals surface area (Å²) in [6.07, 6.45) is 0. The molecule has 0 bridgehead atoms. The largest absolute Gasteiger partial charge is 0.380 e. The van der Waals surface area contributed by atoms with Gasteiger partial charge in [0, 0.05) is 5.56 Å². The predicted molar refractivity (Wildman–Crippen MR) is 61.1 cm³/mol. The fourth-order valence-corrected chi connectivity index (χ4v) is 1.85. The Balaban J connectivity index is 2.64. The first-order valence-electron chi connectivity index (χ1n) is 4.05. The third-order valence-electron chi connectivity index (χ3n) is 1.95. The number of hydrogen-bond donors (Lipinski definition) is 2. The van der Waals surface area contributed by atoms with Gasteiger partial charge in [0.05, 0.1) is 3.57 Å². The van der Waals surface area contributed by atoms with Gasteiger partial charge in [-0.15, -0.1) is 0 Å². The molecule has 0 aliphatic rings. The minimum Gasteiger partial charge on any atom is -0.380 e. The third-order valence-corrected chi connectivity index (χ3v) is 3.05. The fraction of sp³-hybridized carbons (Fsp3) is 0. The maximum absolute atomic E-state index is 13.4. The van der Waals surface area contributed by atoms with Gasteiger partial charge in [-0.3, -0.25) is 5.10 Å². The second-order valence-corrected chi connectivity index (χ2v) is 3.98. The first-order valence-corrected chi connectivity index (χ1v) is 5.13. The molecule has 0 fully saturated rings. The zero-order chi connectivity index (χ0) is 11.0. The zero-order valence-electron chi connectivity index (χ0n) is 7.39. The third kappa shape index (κ3) is 1.69. The lowest BCUT2D eigenvalue weighted by Gasteiger charge is -2.02. The minimum atomic E-state index is -0.654. The van der Waals surface area contributed by atoms with E-state index in [1.807, 2.05) is 0 Å². The summed E-state index contributed by atoms with van der Waals surface area (Å²) in [6, 6.07) is 4.41. The SMILES string of the molecule is Nc1n[nH]c(-c2cccc(F)c2I)c1F. The summed E-state index contributed by atoms with van der Waals surface area (Å²) in [5.41, 5.74) is 5.77. The molecular formula is C9H6F2IN3. The smallest absolute Gasteiger partial charge is 0.192 e. The number of anilines is 1. The van der Waals surface area contributed by atoms with Gasteiger partial charge < -0.3 is 5.73 Å². The van der Waals surface area contributed by atoms with Crippen LogP contribution in [0.5, 0.6) is 0 Å². The monoisotopic (exact) mass is 321 g/mol. The van der Waals surface area contributed by atoms with E-state index in [-0.39, 0.29) is 11.5 Å². The minimum absolute atomic E-state index is 0.108. The van der Waals surface area contributed by atoms with Crippen molar-refractivity contribution in [1.82, 2.24) is 10.2 Å². The number of halogens is 3. The van der Waals surface area contributed by atoms with Crippen molar-refractivity contribution in [2.75, 3.05) is 5.73 Å². The highest BCUT2D eigenvalue weighted by molar-refractivity contribution is 14.1. The summed E-state index contributed by atoms with van der Waals surface area (Å²) in [6.45, 7) is 0. The number of hydrogen-bond acceptors (Lipinski definition) is 2. The summed E-state index contributed by atoms with van der Waals surface area (Å²) >= 11 is 1.80. The highest BCUT2D eigenvalue weighted by Gasteiger charge is 2.16. The molecule has 0 aliphatic heterocycles. The van der Waals surface area contributed by atoms with Crippen LogP contribution in [0.15, 0.2) is 18.2 Å². The maximum Gasteiger partial charge on any atom is 0.192 e. The number of aromatic nitrogens is 2. The zero-order valence-corrected chi connectivity index (χ0v) is 9.55. The van der Waals surface area contributed by atoms with Crippen molar-refractivity contribution < 1.29 is 8.78 Å². The van der Waals surface area contributed by atoms with E-state index in [0.717, 1.165) is 0 Å². The molecule has 15 heavy (non-hydrogen) atoms. The average Bonchev–Trinajstić information content (AvgIpc) is 2.53. The number of rotatable bonds is 1. The molecule has 1 aromatic heterocycles. The highest BCUT2D eigenvalue weighted by atomic mass is 127. The van der Waals surface area contributed by atoms with Crippen molar-refractivity contribution in [3.05, 3.63) is 33.4 Å². The van der Waals surface area contributed by atoms with Gasteiger partial charge in [0.25, 0.3) is 0 Å². The van der Waals surface area contributed by atoms with Gasteiger partial charge >= 0.3 is 0 Å². The van der Waals surface area contributed by atoms with Crippen molar-refractivity contribution in [2.45, 2.75) is 0 Å². The lowest BCUT2D eigenvalue weighted by Crippen LogP contribution is -1.91. The van der Waals surface area contributed by atoms with E-state index in [0.29, 0.717) is 9.13 Å². The molecule has 0 saturated heterocycles. The number of benzene rings is 1. The van der Waals surface area contributed by atoms with E-state index in [1.165, 1.54) is 12.1 Å². The number of H-pyrrole nitrogens is 1. The Morgan fingerprint density at radius 1 is 1.33 bits per heavy atom. The second-order valence-electron chi connectivity index (χ2n) is 2.90. The molecule has 0 unspecified atom stereocenters. The normalized spacial score (nSPS) is 10.6. The van der Waals surface area contributed by atoms with E-state index in [2.05, 4.69) is 10.2 Å². The molecule has 2 aromatic rings. The van der Waals surface area contributed by atoms with Crippen molar-refractivity contribution in [2.24, 2.45) is 0 Å². The molecule has 2 rings (SSSR count). The van der Waals surface area contributed by atoms with Gasteiger partial charge in [-0.2, -0.15) is 5.10 Å². The topological polar surface area (TPSA) is 54.7 Å².